The summed E-state index contributed by atoms with van der Waals surface area (Å²) in [6.45, 7) is 0. The lowest BCUT2D eigenvalue weighted by Crippen LogP contribution is -2.34. The van der Waals surface area contributed by atoms with E-state index in [1.54, 1.807) is 0 Å². The summed E-state index contributed by atoms with van der Waals surface area (Å²) in [4.78, 5) is 0. The van der Waals surface area contributed by atoms with Crippen LogP contribution in [0.3, 0.4) is 0 Å². The summed E-state index contributed by atoms with van der Waals surface area (Å²) < 4.78 is 2.52. The Morgan fingerprint density at radius 1 is 0.370 bits per heavy atom. The highest BCUT2D eigenvalue weighted by Crippen LogP contribution is 2.63. The molecule has 212 valence electrons. The van der Waals surface area contributed by atoms with Gasteiger partial charge in [0.05, 0.1) is 22.1 Å². The fourth-order valence-corrected chi connectivity index (χ4v) is 9.12. The Bertz CT molecular complexity index is 2760. The van der Waals surface area contributed by atoms with Gasteiger partial charge in [-0.05, 0) is 84.3 Å². The highest BCUT2D eigenvalue weighted by Gasteiger charge is 2.52. The van der Waals surface area contributed by atoms with Crippen LogP contribution >= 0.6 is 0 Å². The molecule has 1 unspecified atom stereocenters. The molecule has 1 aliphatic heterocycles. The second kappa shape index (κ2) is 8.62. The lowest BCUT2D eigenvalue weighted by Gasteiger charge is -2.40. The van der Waals surface area contributed by atoms with Gasteiger partial charge in [-0.25, -0.2) is 0 Å². The third kappa shape index (κ3) is 2.79. The van der Waals surface area contributed by atoms with Crippen LogP contribution in [0, 0.1) is 0 Å². The Balaban J connectivity index is 1.38. The van der Waals surface area contributed by atoms with Crippen molar-refractivity contribution in [3.05, 3.63) is 186 Å². The summed E-state index contributed by atoms with van der Waals surface area (Å²) in [7, 11) is 0. The minimum Gasteiger partial charge on any atom is -0.309 e. The van der Waals surface area contributed by atoms with E-state index in [0.29, 0.717) is 0 Å². The topological polar surface area (TPSA) is 4.93 Å². The lowest BCUT2D eigenvalue weighted by atomic mass is 9.64. The van der Waals surface area contributed by atoms with Crippen LogP contribution in [0.1, 0.15) is 22.3 Å². The zero-order valence-corrected chi connectivity index (χ0v) is 25.0. The summed E-state index contributed by atoms with van der Waals surface area (Å²) in [5, 5.41) is 7.75. The van der Waals surface area contributed by atoms with Gasteiger partial charge in [-0.1, -0.05) is 146 Å². The number of hydrogen-bond donors (Lipinski definition) is 0. The molecule has 9 aromatic rings. The first-order valence-corrected chi connectivity index (χ1v) is 16.1. The van der Waals surface area contributed by atoms with Crippen molar-refractivity contribution in [1.82, 2.24) is 4.57 Å². The van der Waals surface area contributed by atoms with Crippen molar-refractivity contribution in [3.8, 4) is 27.9 Å². The molecule has 0 bridgehead atoms. The van der Waals surface area contributed by atoms with E-state index in [4.69, 9.17) is 0 Å². The van der Waals surface area contributed by atoms with Crippen molar-refractivity contribution in [2.45, 2.75) is 5.41 Å². The van der Waals surface area contributed by atoms with Gasteiger partial charge in [0, 0.05) is 10.8 Å². The van der Waals surface area contributed by atoms with E-state index in [1.165, 1.54) is 93.5 Å². The van der Waals surface area contributed by atoms with E-state index < -0.39 is 5.41 Å². The molecule has 1 aromatic heterocycles. The number of hydrogen-bond acceptors (Lipinski definition) is 0. The van der Waals surface area contributed by atoms with Crippen molar-refractivity contribution in [3.63, 3.8) is 0 Å². The molecule has 0 radical (unpaired) electrons. The van der Waals surface area contributed by atoms with Crippen LogP contribution in [0.25, 0.3) is 71.3 Å². The molecule has 1 nitrogen and oxygen atoms in total. The van der Waals surface area contributed by atoms with Gasteiger partial charge in [0.2, 0.25) is 0 Å². The maximum Gasteiger partial charge on any atom is 0.0760 e. The van der Waals surface area contributed by atoms with Crippen LogP contribution in [0.2, 0.25) is 0 Å². The van der Waals surface area contributed by atoms with Gasteiger partial charge in [-0.15, -0.1) is 0 Å². The Morgan fingerprint density at radius 3 is 1.85 bits per heavy atom. The molecule has 0 saturated heterocycles. The van der Waals surface area contributed by atoms with Crippen molar-refractivity contribution >= 4 is 43.4 Å². The Morgan fingerprint density at radius 2 is 0.957 bits per heavy atom. The van der Waals surface area contributed by atoms with Gasteiger partial charge >= 0.3 is 0 Å². The second-order valence-corrected chi connectivity index (χ2v) is 12.8. The van der Waals surface area contributed by atoms with Gasteiger partial charge in [0.25, 0.3) is 0 Å². The van der Waals surface area contributed by atoms with Crippen LogP contribution in [-0.4, -0.2) is 4.57 Å². The molecule has 1 atom stereocenters. The molecule has 1 aliphatic carbocycles. The van der Waals surface area contributed by atoms with Crippen LogP contribution < -0.4 is 0 Å². The van der Waals surface area contributed by atoms with Crippen LogP contribution in [-0.2, 0) is 5.41 Å². The summed E-state index contributed by atoms with van der Waals surface area (Å²) in [6, 6.07) is 61.3. The Labute approximate surface area is 266 Å². The van der Waals surface area contributed by atoms with Gasteiger partial charge in [0.15, 0.2) is 0 Å². The first-order valence-electron chi connectivity index (χ1n) is 16.1. The fourth-order valence-electron chi connectivity index (χ4n) is 9.12. The normalized spacial score (nSPS) is 15.9. The molecule has 11 rings (SSSR count). The highest BCUT2D eigenvalue weighted by atomic mass is 15.0. The van der Waals surface area contributed by atoms with Crippen molar-refractivity contribution in [2.24, 2.45) is 0 Å². The predicted octanol–water partition coefficient (Wildman–Crippen LogP) is 11.4. The van der Waals surface area contributed by atoms with Crippen molar-refractivity contribution < 1.29 is 0 Å². The second-order valence-electron chi connectivity index (χ2n) is 12.8. The van der Waals surface area contributed by atoms with Crippen LogP contribution in [0.5, 0.6) is 0 Å². The van der Waals surface area contributed by atoms with E-state index in [2.05, 4.69) is 168 Å². The lowest BCUT2D eigenvalue weighted by molar-refractivity contribution is 0.750. The molecular formula is C45H27N. The number of fused-ring (bicyclic) bond motifs is 15. The van der Waals surface area contributed by atoms with E-state index in [-0.39, 0.29) is 0 Å². The molecule has 1 heteroatoms. The quantitative estimate of drug-likeness (QED) is 0.170. The standard InChI is InChI=1S/C45H27N/c1-2-14-29-28(13-1)27-37(31-16-4-3-15-30(29)31)35-20-11-19-34-32-17-5-7-22-38(32)45(43(34)35)39-23-8-10-26-42(39)46-41-25-9-6-18-33(41)36-21-12-24-40(45)44(36)46/h1-27H. The molecule has 0 saturated carbocycles. The third-order valence-corrected chi connectivity index (χ3v) is 10.8. The number of para-hydroxylation sites is 3. The molecular weight excluding hydrogens is 555 g/mol. The SMILES string of the molecule is c1ccc2c(c1)-c1cccc(-c3cc4ccccc4c4ccccc34)c1C21c2ccccc2-n2c3ccccc3c3cccc1c32. The first kappa shape index (κ1) is 24.4. The summed E-state index contributed by atoms with van der Waals surface area (Å²) in [5.74, 6) is 0. The van der Waals surface area contributed by atoms with E-state index >= 15 is 0 Å². The summed E-state index contributed by atoms with van der Waals surface area (Å²) in [6.07, 6.45) is 0. The predicted molar refractivity (Wildman–Crippen MR) is 192 cm³/mol. The number of nitrogens with zero attached hydrogens (tertiary/aromatic N) is 1. The van der Waals surface area contributed by atoms with Gasteiger partial charge in [-0.3, -0.25) is 0 Å². The molecule has 46 heavy (non-hydrogen) atoms. The van der Waals surface area contributed by atoms with E-state index in [9.17, 15) is 0 Å². The summed E-state index contributed by atoms with van der Waals surface area (Å²) in [5.41, 5.74) is 14.0. The van der Waals surface area contributed by atoms with E-state index in [1.807, 2.05) is 0 Å². The average molecular weight is 582 g/mol. The largest absolute Gasteiger partial charge is 0.309 e. The van der Waals surface area contributed by atoms with Crippen molar-refractivity contribution in [2.75, 3.05) is 0 Å². The van der Waals surface area contributed by atoms with Crippen LogP contribution in [0.15, 0.2) is 164 Å². The zero-order chi connectivity index (χ0) is 30.0. The Kier molecular flexibility index (Phi) is 4.57. The van der Waals surface area contributed by atoms with Crippen molar-refractivity contribution in [1.29, 1.82) is 0 Å². The van der Waals surface area contributed by atoms with Gasteiger partial charge < -0.3 is 4.57 Å². The zero-order valence-electron chi connectivity index (χ0n) is 25.0. The highest BCUT2D eigenvalue weighted by molar-refractivity contribution is 6.16. The molecule has 1 spiro atoms. The minimum absolute atomic E-state index is 0.490. The molecule has 8 aromatic carbocycles. The molecule has 0 amide bonds. The summed E-state index contributed by atoms with van der Waals surface area (Å²) >= 11 is 0. The van der Waals surface area contributed by atoms with E-state index in [0.717, 1.165) is 0 Å². The average Bonchev–Trinajstić information content (AvgIpc) is 3.62. The molecule has 0 fully saturated rings. The minimum atomic E-state index is -0.490. The van der Waals surface area contributed by atoms with Gasteiger partial charge in [0.1, 0.15) is 0 Å². The number of rotatable bonds is 1. The monoisotopic (exact) mass is 581 g/mol. The Hall–Kier alpha value is -5.92. The number of benzene rings is 8. The maximum atomic E-state index is 2.52. The maximum absolute atomic E-state index is 2.52. The fraction of sp³-hybridized carbons (Fsp3) is 0.0222. The third-order valence-electron chi connectivity index (χ3n) is 10.8. The number of aromatic nitrogens is 1. The first-order chi connectivity index (χ1) is 22.9. The molecule has 2 heterocycles. The van der Waals surface area contributed by atoms with Gasteiger partial charge in [-0.2, -0.15) is 0 Å². The smallest absolute Gasteiger partial charge is 0.0760 e. The molecule has 0 N–H and O–H groups in total. The molecule has 2 aliphatic rings. The van der Waals surface area contributed by atoms with Crippen LogP contribution in [0.4, 0.5) is 0 Å².